The summed E-state index contributed by atoms with van der Waals surface area (Å²) in [6.07, 6.45) is -4.11. The molecule has 50 heavy (non-hydrogen) atoms. The van der Waals surface area contributed by atoms with E-state index >= 15 is 0 Å². The van der Waals surface area contributed by atoms with E-state index in [0.717, 1.165) is 63.4 Å². The second-order valence-corrected chi connectivity index (χ2v) is 12.1. The normalized spacial score (nSPS) is 16.1. The Morgan fingerprint density at radius 2 is 1.44 bits per heavy atom. The number of carbonyl (C=O) groups is 2. The summed E-state index contributed by atoms with van der Waals surface area (Å²) in [6.45, 7) is 3.25. The van der Waals surface area contributed by atoms with Crippen molar-refractivity contribution in [3.05, 3.63) is 52.6 Å². The number of rotatable bonds is 16. The lowest BCUT2D eigenvalue weighted by Gasteiger charge is -2.42. The van der Waals surface area contributed by atoms with Gasteiger partial charge in [0.15, 0.2) is 11.5 Å². The van der Waals surface area contributed by atoms with Gasteiger partial charge in [0.1, 0.15) is 0 Å². The van der Waals surface area contributed by atoms with Crippen molar-refractivity contribution in [2.75, 3.05) is 38.9 Å². The summed E-state index contributed by atoms with van der Waals surface area (Å²) >= 11 is 0. The van der Waals surface area contributed by atoms with Gasteiger partial charge < -0.3 is 24.1 Å². The van der Waals surface area contributed by atoms with Crippen molar-refractivity contribution < 1.29 is 60.0 Å². The maximum atomic E-state index is 13.7. The SMILES string of the molecule is CCOC(=O)N1c2cc(OCCCCCCCCCCO)c(OC)cc2[C@@H](N(Cc2cc(C(F)(F)F)cc(C(F)(F)F)c2)C(=O)OC)C[C@H]1C. The lowest BCUT2D eigenvalue weighted by molar-refractivity contribution is -0.143. The van der Waals surface area contributed by atoms with Gasteiger partial charge in [-0.25, -0.2) is 9.59 Å². The van der Waals surface area contributed by atoms with Crippen molar-refractivity contribution in [1.29, 1.82) is 0 Å². The van der Waals surface area contributed by atoms with Gasteiger partial charge in [-0.15, -0.1) is 0 Å². The third-order valence-electron chi connectivity index (χ3n) is 8.50. The number of carbonyl (C=O) groups excluding carboxylic acids is 2. The first-order valence-electron chi connectivity index (χ1n) is 16.7. The highest BCUT2D eigenvalue weighted by Gasteiger charge is 2.42. The molecule has 1 N–H and O–H groups in total. The second-order valence-electron chi connectivity index (χ2n) is 12.1. The topological polar surface area (TPSA) is 97.8 Å². The van der Waals surface area contributed by atoms with Gasteiger partial charge >= 0.3 is 24.5 Å². The molecule has 2 atom stereocenters. The molecule has 1 aliphatic rings. The van der Waals surface area contributed by atoms with Crippen molar-refractivity contribution >= 4 is 17.9 Å². The molecule has 0 aliphatic carbocycles. The van der Waals surface area contributed by atoms with Crippen LogP contribution in [0.4, 0.5) is 41.6 Å². The van der Waals surface area contributed by atoms with Gasteiger partial charge in [0.2, 0.25) is 0 Å². The zero-order chi connectivity index (χ0) is 37.1. The minimum absolute atomic E-state index is 0.0224. The number of nitrogens with zero attached hydrogens (tertiary/aromatic N) is 2. The first-order valence-corrected chi connectivity index (χ1v) is 16.7. The zero-order valence-electron chi connectivity index (χ0n) is 28.8. The Morgan fingerprint density at radius 3 is 1.96 bits per heavy atom. The summed E-state index contributed by atoms with van der Waals surface area (Å²) in [7, 11) is 2.45. The first-order chi connectivity index (χ1) is 23.7. The molecule has 0 fully saturated rings. The Hall–Kier alpha value is -3.88. The van der Waals surface area contributed by atoms with E-state index in [2.05, 4.69) is 0 Å². The molecule has 0 saturated carbocycles. The molecule has 9 nitrogen and oxygen atoms in total. The largest absolute Gasteiger partial charge is 0.493 e. The fraction of sp³-hybridized carbons (Fsp3) is 0.600. The summed E-state index contributed by atoms with van der Waals surface area (Å²) in [5, 5.41) is 8.89. The van der Waals surface area contributed by atoms with Gasteiger partial charge in [-0.2, -0.15) is 26.3 Å². The Labute approximate surface area is 288 Å². The van der Waals surface area contributed by atoms with Crippen LogP contribution in [0.25, 0.3) is 0 Å². The van der Waals surface area contributed by atoms with Crippen LogP contribution in [0.5, 0.6) is 11.5 Å². The van der Waals surface area contributed by atoms with E-state index in [9.17, 15) is 35.9 Å². The Bertz CT molecular complexity index is 1390. The summed E-state index contributed by atoms with van der Waals surface area (Å²) in [6, 6.07) is 2.66. The molecule has 0 spiro atoms. The maximum Gasteiger partial charge on any atom is 0.416 e. The third-order valence-corrected chi connectivity index (χ3v) is 8.50. The molecule has 0 bridgehead atoms. The summed E-state index contributed by atoms with van der Waals surface area (Å²) in [5.41, 5.74) is -2.84. The summed E-state index contributed by atoms with van der Waals surface area (Å²) in [4.78, 5) is 28.9. The van der Waals surface area contributed by atoms with E-state index in [-0.39, 0.29) is 37.1 Å². The molecule has 2 aromatic carbocycles. The minimum atomic E-state index is -5.08. The number of fused-ring (bicyclic) bond motifs is 1. The smallest absolute Gasteiger partial charge is 0.416 e. The van der Waals surface area contributed by atoms with Gasteiger partial charge in [-0.05, 0) is 62.9 Å². The lowest BCUT2D eigenvalue weighted by atomic mass is 9.90. The number of methoxy groups -OCH3 is 2. The Balaban J connectivity index is 1.98. The number of aliphatic hydroxyl groups excluding tert-OH is 1. The molecule has 1 aliphatic heterocycles. The van der Waals surface area contributed by atoms with Crippen LogP contribution in [0.2, 0.25) is 0 Å². The van der Waals surface area contributed by atoms with E-state index in [4.69, 9.17) is 24.1 Å². The number of anilines is 1. The van der Waals surface area contributed by atoms with E-state index in [1.807, 2.05) is 0 Å². The molecule has 15 heteroatoms. The molecule has 0 unspecified atom stereocenters. The average Bonchev–Trinajstić information content (AvgIpc) is 3.06. The van der Waals surface area contributed by atoms with Crippen LogP contribution in [-0.2, 0) is 28.4 Å². The Kier molecular flexibility index (Phi) is 14.9. The highest BCUT2D eigenvalue weighted by molar-refractivity contribution is 5.91. The lowest BCUT2D eigenvalue weighted by Crippen LogP contribution is -2.47. The molecular formula is C35H46F6N2O7. The van der Waals surface area contributed by atoms with E-state index in [0.29, 0.717) is 30.1 Å². The molecule has 3 rings (SSSR count). The van der Waals surface area contributed by atoms with Crippen LogP contribution in [0, 0.1) is 0 Å². The highest BCUT2D eigenvalue weighted by atomic mass is 19.4. The molecule has 2 amide bonds. The highest BCUT2D eigenvalue weighted by Crippen LogP contribution is 2.47. The minimum Gasteiger partial charge on any atom is -0.493 e. The van der Waals surface area contributed by atoms with Gasteiger partial charge in [-0.3, -0.25) is 9.80 Å². The van der Waals surface area contributed by atoms with Crippen LogP contribution in [-0.4, -0.2) is 62.3 Å². The molecule has 1 heterocycles. The summed E-state index contributed by atoms with van der Waals surface area (Å²) in [5.74, 6) is 0.550. The van der Waals surface area contributed by atoms with Crippen LogP contribution < -0.4 is 14.4 Å². The number of halogens is 6. The molecule has 0 saturated heterocycles. The van der Waals surface area contributed by atoms with Gasteiger partial charge in [0.05, 0.1) is 50.3 Å². The van der Waals surface area contributed by atoms with E-state index in [1.165, 1.54) is 12.0 Å². The second kappa shape index (κ2) is 18.4. The van der Waals surface area contributed by atoms with Crippen molar-refractivity contribution in [2.24, 2.45) is 0 Å². The van der Waals surface area contributed by atoms with Crippen molar-refractivity contribution in [3.8, 4) is 11.5 Å². The fourth-order valence-electron chi connectivity index (χ4n) is 6.06. The zero-order valence-corrected chi connectivity index (χ0v) is 28.8. The summed E-state index contributed by atoms with van der Waals surface area (Å²) < 4.78 is 104. The van der Waals surface area contributed by atoms with Gasteiger partial charge in [0, 0.05) is 30.8 Å². The maximum absolute atomic E-state index is 13.7. The van der Waals surface area contributed by atoms with Gasteiger partial charge in [0.25, 0.3) is 0 Å². The van der Waals surface area contributed by atoms with Crippen LogP contribution in [0.3, 0.4) is 0 Å². The van der Waals surface area contributed by atoms with E-state index < -0.39 is 59.9 Å². The number of aliphatic hydroxyl groups is 1. The fourth-order valence-corrected chi connectivity index (χ4v) is 6.06. The van der Waals surface area contributed by atoms with Crippen molar-refractivity contribution in [1.82, 2.24) is 4.90 Å². The number of unbranched alkanes of at least 4 members (excludes halogenated alkanes) is 7. The molecule has 2 aromatic rings. The van der Waals surface area contributed by atoms with Crippen LogP contribution in [0.15, 0.2) is 30.3 Å². The predicted octanol–water partition coefficient (Wildman–Crippen LogP) is 9.29. The molecule has 280 valence electrons. The third kappa shape index (κ3) is 10.8. The van der Waals surface area contributed by atoms with Crippen molar-refractivity contribution in [2.45, 2.75) is 103 Å². The monoisotopic (exact) mass is 720 g/mol. The number of hydrogen-bond donors (Lipinski definition) is 1. The van der Waals surface area contributed by atoms with E-state index in [1.54, 1.807) is 26.0 Å². The number of ether oxygens (including phenoxy) is 4. The first kappa shape index (κ1) is 40.5. The number of hydrogen-bond acceptors (Lipinski definition) is 7. The quantitative estimate of drug-likeness (QED) is 0.136. The predicted molar refractivity (Wildman–Crippen MR) is 173 cm³/mol. The van der Waals surface area contributed by atoms with Crippen LogP contribution in [0.1, 0.15) is 99.9 Å². The molecule has 0 radical (unpaired) electrons. The number of alkyl halides is 6. The Morgan fingerprint density at radius 1 is 0.860 bits per heavy atom. The van der Waals surface area contributed by atoms with Crippen molar-refractivity contribution in [3.63, 3.8) is 0 Å². The van der Waals surface area contributed by atoms with Gasteiger partial charge in [-0.1, -0.05) is 38.5 Å². The molecular weight excluding hydrogens is 674 g/mol. The number of benzene rings is 2. The van der Waals surface area contributed by atoms with Crippen LogP contribution >= 0.6 is 0 Å². The number of amides is 2. The molecule has 0 aromatic heterocycles. The standard InChI is InChI=1S/C35H46F6N2O7/c1-5-49-33(46)43-23(2)16-28(42(32(45)48-4)22-24-17-25(34(36,37)38)19-26(18-24)35(39,40)41)27-20-30(47-3)31(21-29(27)43)50-15-13-11-9-7-6-8-10-12-14-44/h17-21,23,28,44H,5-16,22H2,1-4H3/t23-,28+/m1/s1. The average molecular weight is 721 g/mol.